The first kappa shape index (κ1) is 11.7. The predicted molar refractivity (Wildman–Crippen MR) is 57.7 cm³/mol. The molecule has 0 fully saturated rings. The fourth-order valence-electron chi connectivity index (χ4n) is 1.43. The summed E-state index contributed by atoms with van der Waals surface area (Å²) in [7, 11) is 1.73. The summed E-state index contributed by atoms with van der Waals surface area (Å²) in [6.45, 7) is 4.16. The van der Waals surface area contributed by atoms with Gasteiger partial charge in [-0.1, -0.05) is 26.0 Å². The molecule has 0 unspecified atom stereocenters. The Bertz CT molecular complexity index is 349. The first-order chi connectivity index (χ1) is 7.00. The van der Waals surface area contributed by atoms with Crippen LogP contribution >= 0.6 is 0 Å². The molecule has 0 bridgehead atoms. The van der Waals surface area contributed by atoms with Crippen molar-refractivity contribution in [3.05, 3.63) is 35.6 Å². The van der Waals surface area contributed by atoms with Crippen LogP contribution < -0.4 is 0 Å². The molecule has 0 radical (unpaired) electrons. The third-order valence-corrected chi connectivity index (χ3v) is 2.18. The number of hydrogen-bond donors (Lipinski definition) is 0. The van der Waals surface area contributed by atoms with E-state index in [2.05, 4.69) is 0 Å². The van der Waals surface area contributed by atoms with E-state index in [-0.39, 0.29) is 17.6 Å². The van der Waals surface area contributed by atoms with Gasteiger partial charge in [0.25, 0.3) is 0 Å². The summed E-state index contributed by atoms with van der Waals surface area (Å²) in [6.07, 6.45) is 0. The van der Waals surface area contributed by atoms with Crippen LogP contribution in [0.3, 0.4) is 0 Å². The molecule has 2 nitrogen and oxygen atoms in total. The SMILES string of the molecule is CC(C)C(=O)N(C)Cc1cccc(F)c1. The third-order valence-electron chi connectivity index (χ3n) is 2.18. The lowest BCUT2D eigenvalue weighted by Gasteiger charge is -2.19. The van der Waals surface area contributed by atoms with Crippen molar-refractivity contribution in [2.45, 2.75) is 20.4 Å². The molecule has 0 atom stereocenters. The molecule has 0 aliphatic carbocycles. The molecule has 0 N–H and O–H groups in total. The van der Waals surface area contributed by atoms with Gasteiger partial charge < -0.3 is 4.90 Å². The minimum absolute atomic E-state index is 0.0245. The van der Waals surface area contributed by atoms with Gasteiger partial charge in [0.05, 0.1) is 0 Å². The van der Waals surface area contributed by atoms with Gasteiger partial charge >= 0.3 is 0 Å². The summed E-state index contributed by atoms with van der Waals surface area (Å²) >= 11 is 0. The molecule has 0 spiro atoms. The molecule has 0 saturated carbocycles. The molecule has 1 aromatic carbocycles. The number of nitrogens with zero attached hydrogens (tertiary/aromatic N) is 1. The van der Waals surface area contributed by atoms with Gasteiger partial charge in [-0.3, -0.25) is 4.79 Å². The molecular formula is C12H16FNO. The third kappa shape index (κ3) is 3.35. The zero-order valence-electron chi connectivity index (χ0n) is 9.33. The van der Waals surface area contributed by atoms with Gasteiger partial charge in [-0.15, -0.1) is 0 Å². The van der Waals surface area contributed by atoms with E-state index in [9.17, 15) is 9.18 Å². The van der Waals surface area contributed by atoms with Gasteiger partial charge in [0.1, 0.15) is 5.82 Å². The maximum Gasteiger partial charge on any atom is 0.225 e. The van der Waals surface area contributed by atoms with E-state index in [4.69, 9.17) is 0 Å². The number of rotatable bonds is 3. The van der Waals surface area contributed by atoms with Gasteiger partial charge in [-0.2, -0.15) is 0 Å². The van der Waals surface area contributed by atoms with Crippen LogP contribution in [0.1, 0.15) is 19.4 Å². The summed E-state index contributed by atoms with van der Waals surface area (Å²) < 4.78 is 12.9. The molecule has 82 valence electrons. The highest BCUT2D eigenvalue weighted by molar-refractivity contribution is 5.77. The average molecular weight is 209 g/mol. The lowest BCUT2D eigenvalue weighted by Crippen LogP contribution is -2.29. The Morgan fingerprint density at radius 1 is 1.47 bits per heavy atom. The Balaban J connectivity index is 2.66. The molecule has 1 aromatic rings. The second kappa shape index (κ2) is 4.91. The van der Waals surface area contributed by atoms with Crippen LogP contribution in [-0.2, 0) is 11.3 Å². The lowest BCUT2D eigenvalue weighted by atomic mass is 10.1. The number of halogens is 1. The fraction of sp³-hybridized carbons (Fsp3) is 0.417. The lowest BCUT2D eigenvalue weighted by molar-refractivity contribution is -0.133. The van der Waals surface area contributed by atoms with E-state index < -0.39 is 0 Å². The van der Waals surface area contributed by atoms with E-state index in [1.807, 2.05) is 19.9 Å². The van der Waals surface area contributed by atoms with Gasteiger partial charge in [0, 0.05) is 19.5 Å². The number of carbonyl (C=O) groups excluding carboxylic acids is 1. The summed E-state index contributed by atoms with van der Waals surface area (Å²) in [4.78, 5) is 13.2. The highest BCUT2D eigenvalue weighted by Gasteiger charge is 2.12. The van der Waals surface area contributed by atoms with Crippen molar-refractivity contribution in [2.75, 3.05) is 7.05 Å². The second-order valence-corrected chi connectivity index (χ2v) is 3.98. The molecule has 0 aliphatic rings. The van der Waals surface area contributed by atoms with Crippen molar-refractivity contribution in [1.82, 2.24) is 4.90 Å². The van der Waals surface area contributed by atoms with Crippen molar-refractivity contribution in [2.24, 2.45) is 5.92 Å². The van der Waals surface area contributed by atoms with E-state index in [0.717, 1.165) is 5.56 Å². The minimum atomic E-state index is -0.266. The maximum absolute atomic E-state index is 12.9. The van der Waals surface area contributed by atoms with Crippen molar-refractivity contribution >= 4 is 5.91 Å². The molecular weight excluding hydrogens is 193 g/mol. The smallest absolute Gasteiger partial charge is 0.225 e. The molecule has 0 aliphatic heterocycles. The fourth-order valence-corrected chi connectivity index (χ4v) is 1.43. The Hall–Kier alpha value is -1.38. The Morgan fingerprint density at radius 3 is 2.67 bits per heavy atom. The van der Waals surface area contributed by atoms with Crippen molar-refractivity contribution in [3.63, 3.8) is 0 Å². The molecule has 1 rings (SSSR count). The van der Waals surface area contributed by atoms with Gasteiger partial charge in [0.15, 0.2) is 0 Å². The largest absolute Gasteiger partial charge is 0.341 e. The van der Waals surface area contributed by atoms with Gasteiger partial charge in [0.2, 0.25) is 5.91 Å². The monoisotopic (exact) mass is 209 g/mol. The van der Waals surface area contributed by atoms with E-state index in [1.165, 1.54) is 12.1 Å². The zero-order chi connectivity index (χ0) is 11.4. The number of amides is 1. The number of carbonyl (C=O) groups is 1. The molecule has 0 aromatic heterocycles. The van der Waals surface area contributed by atoms with E-state index in [0.29, 0.717) is 6.54 Å². The second-order valence-electron chi connectivity index (χ2n) is 3.98. The topological polar surface area (TPSA) is 20.3 Å². The van der Waals surface area contributed by atoms with Crippen LogP contribution in [-0.4, -0.2) is 17.9 Å². The Morgan fingerprint density at radius 2 is 2.13 bits per heavy atom. The van der Waals surface area contributed by atoms with Crippen LogP contribution in [0.25, 0.3) is 0 Å². The molecule has 1 amide bonds. The van der Waals surface area contributed by atoms with Crippen LogP contribution in [0.5, 0.6) is 0 Å². The average Bonchev–Trinajstić information content (AvgIpc) is 2.16. The van der Waals surface area contributed by atoms with Crippen LogP contribution in [0.15, 0.2) is 24.3 Å². The first-order valence-electron chi connectivity index (χ1n) is 5.00. The number of benzene rings is 1. The number of hydrogen-bond acceptors (Lipinski definition) is 1. The van der Waals surface area contributed by atoms with Crippen LogP contribution in [0.4, 0.5) is 4.39 Å². The highest BCUT2D eigenvalue weighted by Crippen LogP contribution is 2.08. The first-order valence-corrected chi connectivity index (χ1v) is 5.00. The predicted octanol–water partition coefficient (Wildman–Crippen LogP) is 2.44. The van der Waals surface area contributed by atoms with Crippen molar-refractivity contribution < 1.29 is 9.18 Å². The molecule has 15 heavy (non-hydrogen) atoms. The molecule has 0 heterocycles. The molecule has 3 heteroatoms. The quantitative estimate of drug-likeness (QED) is 0.748. The van der Waals surface area contributed by atoms with Crippen LogP contribution in [0.2, 0.25) is 0 Å². The highest BCUT2D eigenvalue weighted by atomic mass is 19.1. The summed E-state index contributed by atoms with van der Waals surface area (Å²) in [5.41, 5.74) is 0.812. The summed E-state index contributed by atoms with van der Waals surface area (Å²) in [5, 5.41) is 0. The summed E-state index contributed by atoms with van der Waals surface area (Å²) in [5.74, 6) is -0.222. The van der Waals surface area contributed by atoms with Gasteiger partial charge in [-0.25, -0.2) is 4.39 Å². The summed E-state index contributed by atoms with van der Waals surface area (Å²) in [6, 6.07) is 6.31. The van der Waals surface area contributed by atoms with E-state index >= 15 is 0 Å². The van der Waals surface area contributed by atoms with Crippen LogP contribution in [0, 0.1) is 11.7 Å². The Kier molecular flexibility index (Phi) is 3.83. The van der Waals surface area contributed by atoms with Crippen molar-refractivity contribution in [1.29, 1.82) is 0 Å². The van der Waals surface area contributed by atoms with E-state index in [1.54, 1.807) is 18.0 Å². The minimum Gasteiger partial charge on any atom is -0.341 e. The van der Waals surface area contributed by atoms with Crippen molar-refractivity contribution in [3.8, 4) is 0 Å². The standard InChI is InChI=1S/C12H16FNO/c1-9(2)12(15)14(3)8-10-5-4-6-11(13)7-10/h4-7,9H,8H2,1-3H3. The zero-order valence-corrected chi connectivity index (χ0v) is 9.33. The Labute approximate surface area is 89.7 Å². The maximum atomic E-state index is 12.9. The van der Waals surface area contributed by atoms with Gasteiger partial charge in [-0.05, 0) is 17.7 Å². The molecule has 0 saturated heterocycles. The normalized spacial score (nSPS) is 10.5.